The molecular formula is C30H36N2O5. The molecule has 196 valence electrons. The minimum absolute atomic E-state index is 0.00293. The van der Waals surface area contributed by atoms with Gasteiger partial charge in [0.15, 0.2) is 11.5 Å². The van der Waals surface area contributed by atoms with Gasteiger partial charge in [-0.2, -0.15) is 0 Å². The van der Waals surface area contributed by atoms with Crippen molar-refractivity contribution in [3.05, 3.63) is 60.2 Å². The van der Waals surface area contributed by atoms with Crippen molar-refractivity contribution in [2.24, 2.45) is 5.92 Å². The maximum atomic E-state index is 13.4. The summed E-state index contributed by atoms with van der Waals surface area (Å²) in [5, 5.41) is 16.9. The van der Waals surface area contributed by atoms with Gasteiger partial charge in [-0.15, -0.1) is 0 Å². The molecule has 0 spiro atoms. The van der Waals surface area contributed by atoms with Crippen molar-refractivity contribution < 1.29 is 24.1 Å². The average Bonchev–Trinajstić information content (AvgIpc) is 2.92. The Morgan fingerprint density at radius 3 is 2.46 bits per heavy atom. The van der Waals surface area contributed by atoms with E-state index < -0.39 is 5.60 Å². The summed E-state index contributed by atoms with van der Waals surface area (Å²) in [7, 11) is 4.80. The van der Waals surface area contributed by atoms with Crippen LogP contribution < -0.4 is 19.5 Å². The summed E-state index contributed by atoms with van der Waals surface area (Å²) in [4.78, 5) is 15.6. The molecule has 5 rings (SSSR count). The second-order valence-corrected chi connectivity index (χ2v) is 10.2. The Bertz CT molecular complexity index is 1250. The molecule has 7 nitrogen and oxygen atoms in total. The third kappa shape index (κ3) is 4.86. The van der Waals surface area contributed by atoms with E-state index in [0.29, 0.717) is 30.2 Å². The van der Waals surface area contributed by atoms with Crippen LogP contribution in [0.5, 0.6) is 17.2 Å². The van der Waals surface area contributed by atoms with Crippen molar-refractivity contribution in [3.63, 3.8) is 0 Å². The summed E-state index contributed by atoms with van der Waals surface area (Å²) in [6, 6.07) is 17.7. The average molecular weight is 505 g/mol. The number of ether oxygens (including phenoxy) is 3. The number of methoxy groups -OCH3 is 3. The number of anilines is 1. The van der Waals surface area contributed by atoms with Crippen LogP contribution in [-0.4, -0.2) is 55.9 Å². The summed E-state index contributed by atoms with van der Waals surface area (Å²) < 4.78 is 16.8. The minimum atomic E-state index is -0.744. The number of hydrogen-bond acceptors (Lipinski definition) is 6. The van der Waals surface area contributed by atoms with E-state index in [4.69, 9.17) is 14.2 Å². The van der Waals surface area contributed by atoms with Gasteiger partial charge in [0.2, 0.25) is 11.7 Å². The van der Waals surface area contributed by atoms with Crippen molar-refractivity contribution >= 4 is 22.4 Å². The minimum Gasteiger partial charge on any atom is -0.493 e. The molecule has 3 atom stereocenters. The third-order valence-corrected chi connectivity index (χ3v) is 8.11. The van der Waals surface area contributed by atoms with Gasteiger partial charge in [0.25, 0.3) is 0 Å². The predicted molar refractivity (Wildman–Crippen MR) is 145 cm³/mol. The number of piperidine rings is 1. The van der Waals surface area contributed by atoms with Crippen molar-refractivity contribution in [3.8, 4) is 17.2 Å². The van der Waals surface area contributed by atoms with Crippen LogP contribution >= 0.6 is 0 Å². The molecule has 0 aromatic heterocycles. The molecule has 1 aliphatic carbocycles. The molecule has 1 saturated carbocycles. The van der Waals surface area contributed by atoms with E-state index in [1.807, 2.05) is 54.6 Å². The van der Waals surface area contributed by atoms with E-state index in [2.05, 4.69) is 10.2 Å². The standard InChI is InChI=1S/C30H36N2O5/c1-35-25-17-21(18-26(36-2)29(25)37-3)28-23-12-6-7-14-30(23,34)15-16-32(28)19-27(33)31-24-13-8-10-20-9-4-5-11-22(20)24/h4-5,8-11,13,17-18,23,28,34H,6-7,12,14-16,19H2,1-3H3,(H,31,33)/t23-,28+,30-/m0/s1. The zero-order valence-corrected chi connectivity index (χ0v) is 21.8. The fourth-order valence-corrected chi connectivity index (χ4v) is 6.34. The van der Waals surface area contributed by atoms with Crippen LogP contribution in [0.3, 0.4) is 0 Å². The lowest BCUT2D eigenvalue weighted by Gasteiger charge is -2.52. The van der Waals surface area contributed by atoms with Crippen LogP contribution in [-0.2, 0) is 4.79 Å². The van der Waals surface area contributed by atoms with E-state index in [9.17, 15) is 9.90 Å². The van der Waals surface area contributed by atoms with Gasteiger partial charge in [0, 0.05) is 29.6 Å². The zero-order chi connectivity index (χ0) is 26.0. The van der Waals surface area contributed by atoms with E-state index in [0.717, 1.165) is 47.7 Å². The highest BCUT2D eigenvalue weighted by Gasteiger charge is 2.49. The fraction of sp³-hybridized carbons (Fsp3) is 0.433. The molecule has 0 bridgehead atoms. The van der Waals surface area contributed by atoms with Crippen LogP contribution in [0.25, 0.3) is 10.8 Å². The van der Waals surface area contributed by atoms with Gasteiger partial charge < -0.3 is 24.6 Å². The van der Waals surface area contributed by atoms with Crippen LogP contribution in [0.4, 0.5) is 5.69 Å². The van der Waals surface area contributed by atoms with E-state index >= 15 is 0 Å². The number of carbonyl (C=O) groups is 1. The molecule has 1 saturated heterocycles. The van der Waals surface area contributed by atoms with E-state index in [1.54, 1.807) is 21.3 Å². The van der Waals surface area contributed by atoms with Gasteiger partial charge in [-0.3, -0.25) is 9.69 Å². The fourth-order valence-electron chi connectivity index (χ4n) is 6.34. The Labute approximate surface area is 218 Å². The van der Waals surface area contributed by atoms with Crippen molar-refractivity contribution in [2.75, 3.05) is 39.7 Å². The number of likely N-dealkylation sites (tertiary alicyclic amines) is 1. The second-order valence-electron chi connectivity index (χ2n) is 10.2. The maximum absolute atomic E-state index is 13.4. The van der Waals surface area contributed by atoms with Gasteiger partial charge >= 0.3 is 0 Å². The van der Waals surface area contributed by atoms with Gasteiger partial charge in [0.05, 0.1) is 33.5 Å². The Balaban J connectivity index is 1.48. The Morgan fingerprint density at radius 1 is 1.00 bits per heavy atom. The van der Waals surface area contributed by atoms with Gasteiger partial charge in [-0.25, -0.2) is 0 Å². The molecule has 2 fully saturated rings. The molecule has 2 N–H and O–H groups in total. The number of amides is 1. The lowest BCUT2D eigenvalue weighted by molar-refractivity contribution is -0.135. The maximum Gasteiger partial charge on any atom is 0.238 e. The summed E-state index contributed by atoms with van der Waals surface area (Å²) >= 11 is 0. The third-order valence-electron chi connectivity index (χ3n) is 8.11. The van der Waals surface area contributed by atoms with Crippen LogP contribution in [0.1, 0.15) is 43.7 Å². The molecule has 1 aliphatic heterocycles. The van der Waals surface area contributed by atoms with Crippen molar-refractivity contribution in [1.82, 2.24) is 4.90 Å². The first-order valence-corrected chi connectivity index (χ1v) is 13.0. The number of fused-ring (bicyclic) bond motifs is 2. The van der Waals surface area contributed by atoms with Crippen molar-refractivity contribution in [2.45, 2.75) is 43.7 Å². The quantitative estimate of drug-likeness (QED) is 0.462. The smallest absolute Gasteiger partial charge is 0.238 e. The molecule has 2 aliphatic rings. The molecule has 1 heterocycles. The first kappa shape index (κ1) is 25.4. The molecule has 37 heavy (non-hydrogen) atoms. The lowest BCUT2D eigenvalue weighted by atomic mass is 9.66. The molecule has 0 radical (unpaired) electrons. The molecule has 7 heteroatoms. The topological polar surface area (TPSA) is 80.3 Å². The normalized spacial score (nSPS) is 23.8. The number of aliphatic hydroxyl groups is 1. The molecular weight excluding hydrogens is 468 g/mol. The highest BCUT2D eigenvalue weighted by Crippen LogP contribution is 2.51. The highest BCUT2D eigenvalue weighted by atomic mass is 16.5. The van der Waals surface area contributed by atoms with E-state index in [1.165, 1.54) is 0 Å². The summed E-state index contributed by atoms with van der Waals surface area (Å²) in [5.41, 5.74) is 1.02. The number of rotatable bonds is 7. The summed E-state index contributed by atoms with van der Waals surface area (Å²) in [6.45, 7) is 0.842. The Morgan fingerprint density at radius 2 is 1.73 bits per heavy atom. The first-order valence-electron chi connectivity index (χ1n) is 13.0. The molecule has 1 amide bonds. The van der Waals surface area contributed by atoms with Crippen LogP contribution in [0.15, 0.2) is 54.6 Å². The van der Waals surface area contributed by atoms with E-state index in [-0.39, 0.29) is 24.4 Å². The summed E-state index contributed by atoms with van der Waals surface area (Å²) in [5.74, 6) is 1.60. The van der Waals surface area contributed by atoms with Gasteiger partial charge in [0.1, 0.15) is 0 Å². The van der Waals surface area contributed by atoms with Gasteiger partial charge in [-0.05, 0) is 48.4 Å². The number of hydrogen-bond donors (Lipinski definition) is 2. The Kier molecular flexibility index (Phi) is 7.26. The monoisotopic (exact) mass is 504 g/mol. The van der Waals surface area contributed by atoms with Crippen LogP contribution in [0.2, 0.25) is 0 Å². The lowest BCUT2D eigenvalue weighted by Crippen LogP contribution is -2.56. The number of nitrogens with zero attached hydrogens (tertiary/aromatic N) is 1. The molecule has 3 aromatic rings. The number of benzene rings is 3. The highest BCUT2D eigenvalue weighted by molar-refractivity contribution is 6.02. The Hall–Kier alpha value is -3.29. The second kappa shape index (κ2) is 10.6. The number of carbonyl (C=O) groups excluding carboxylic acids is 1. The number of nitrogens with one attached hydrogen (secondary N) is 1. The van der Waals surface area contributed by atoms with Crippen LogP contribution in [0, 0.1) is 5.92 Å². The predicted octanol–water partition coefficient (Wildman–Crippen LogP) is 5.17. The zero-order valence-electron chi connectivity index (χ0n) is 21.8. The SMILES string of the molecule is COc1cc([C@@H]2[C@@H]3CCCC[C@]3(O)CCN2CC(=O)Nc2cccc3ccccc23)cc(OC)c1OC. The van der Waals surface area contributed by atoms with Crippen molar-refractivity contribution in [1.29, 1.82) is 0 Å². The first-order chi connectivity index (χ1) is 18.0. The van der Waals surface area contributed by atoms with Gasteiger partial charge in [-0.1, -0.05) is 49.2 Å². The molecule has 0 unspecified atom stereocenters. The largest absolute Gasteiger partial charge is 0.493 e. The molecule has 3 aromatic carbocycles. The summed E-state index contributed by atoms with van der Waals surface area (Å²) in [6.07, 6.45) is 4.43.